The highest BCUT2D eigenvalue weighted by molar-refractivity contribution is 5.98. The number of nitrogens with one attached hydrogen (secondary N) is 1. The van der Waals surface area contributed by atoms with Crippen LogP contribution in [0.4, 0.5) is 5.69 Å². The molecule has 0 aromatic heterocycles. The van der Waals surface area contributed by atoms with E-state index in [1.807, 2.05) is 74.1 Å². The molecule has 1 aliphatic rings. The highest BCUT2D eigenvalue weighted by Gasteiger charge is 2.24. The zero-order valence-corrected chi connectivity index (χ0v) is 17.2. The fourth-order valence-corrected chi connectivity index (χ4v) is 3.67. The SMILES string of the molecule is Cc1ccc([C@H](C(=O)Nc2ccc(C(=O)N3CCCC3)cc2C)N(C)C)cc1. The molecule has 1 N–H and O–H groups in total. The Kier molecular flexibility index (Phi) is 6.15. The number of aryl methyl sites for hydroxylation is 2. The molecule has 148 valence electrons. The number of likely N-dealkylation sites (N-methyl/N-ethyl adjacent to an activating group) is 1. The quantitative estimate of drug-likeness (QED) is 0.860. The fraction of sp³-hybridized carbons (Fsp3) is 0.391. The average Bonchev–Trinajstić information content (AvgIpc) is 3.19. The maximum absolute atomic E-state index is 13.0. The first-order valence-corrected chi connectivity index (χ1v) is 9.80. The van der Waals surface area contributed by atoms with Gasteiger partial charge in [-0.25, -0.2) is 0 Å². The van der Waals surface area contributed by atoms with Gasteiger partial charge in [-0.2, -0.15) is 0 Å². The van der Waals surface area contributed by atoms with Crippen molar-refractivity contribution in [2.24, 2.45) is 0 Å². The molecular formula is C23H29N3O2. The summed E-state index contributed by atoms with van der Waals surface area (Å²) in [6.45, 7) is 5.62. The van der Waals surface area contributed by atoms with Crippen LogP contribution in [0.15, 0.2) is 42.5 Å². The van der Waals surface area contributed by atoms with E-state index in [2.05, 4.69) is 5.32 Å². The van der Waals surface area contributed by atoms with Crippen molar-refractivity contribution < 1.29 is 9.59 Å². The first kappa shape index (κ1) is 20.1. The Labute approximate surface area is 167 Å². The normalized spacial score (nSPS) is 15.0. The molecule has 1 heterocycles. The van der Waals surface area contributed by atoms with Gasteiger partial charge in [0.15, 0.2) is 0 Å². The molecule has 0 unspecified atom stereocenters. The Balaban J connectivity index is 1.76. The summed E-state index contributed by atoms with van der Waals surface area (Å²) < 4.78 is 0. The second kappa shape index (κ2) is 8.57. The molecule has 1 saturated heterocycles. The van der Waals surface area contributed by atoms with Crippen molar-refractivity contribution >= 4 is 17.5 Å². The summed E-state index contributed by atoms with van der Waals surface area (Å²) in [6.07, 6.45) is 2.15. The van der Waals surface area contributed by atoms with Gasteiger partial charge in [-0.05, 0) is 70.1 Å². The first-order chi connectivity index (χ1) is 13.4. The van der Waals surface area contributed by atoms with E-state index < -0.39 is 0 Å². The molecule has 0 bridgehead atoms. The monoisotopic (exact) mass is 379 g/mol. The van der Waals surface area contributed by atoms with Gasteiger partial charge < -0.3 is 10.2 Å². The topological polar surface area (TPSA) is 52.7 Å². The Morgan fingerprint density at radius 2 is 1.64 bits per heavy atom. The van der Waals surface area contributed by atoms with E-state index in [4.69, 9.17) is 0 Å². The minimum atomic E-state index is -0.383. The number of amides is 2. The summed E-state index contributed by atoms with van der Waals surface area (Å²) >= 11 is 0. The van der Waals surface area contributed by atoms with Crippen molar-refractivity contribution in [3.8, 4) is 0 Å². The fourth-order valence-electron chi connectivity index (χ4n) is 3.67. The Hall–Kier alpha value is -2.66. The first-order valence-electron chi connectivity index (χ1n) is 9.80. The summed E-state index contributed by atoms with van der Waals surface area (Å²) in [5.41, 5.74) is 4.42. The molecule has 1 fully saturated rings. The third-order valence-corrected chi connectivity index (χ3v) is 5.28. The number of benzene rings is 2. The molecule has 1 aliphatic heterocycles. The zero-order chi connectivity index (χ0) is 20.3. The maximum atomic E-state index is 13.0. The van der Waals surface area contributed by atoms with E-state index in [9.17, 15) is 9.59 Å². The van der Waals surface area contributed by atoms with Gasteiger partial charge in [0.1, 0.15) is 6.04 Å². The number of carbonyl (C=O) groups excluding carboxylic acids is 2. The molecule has 3 rings (SSSR count). The lowest BCUT2D eigenvalue weighted by Gasteiger charge is -2.24. The molecule has 28 heavy (non-hydrogen) atoms. The number of nitrogens with zero attached hydrogens (tertiary/aromatic N) is 2. The van der Waals surface area contributed by atoms with Crippen LogP contribution in [0.5, 0.6) is 0 Å². The summed E-state index contributed by atoms with van der Waals surface area (Å²) in [5, 5.41) is 3.03. The lowest BCUT2D eigenvalue weighted by molar-refractivity contribution is -0.120. The molecule has 2 amide bonds. The van der Waals surface area contributed by atoms with Crippen molar-refractivity contribution in [2.75, 3.05) is 32.5 Å². The van der Waals surface area contributed by atoms with Crippen LogP contribution >= 0.6 is 0 Å². The minimum Gasteiger partial charge on any atom is -0.339 e. The van der Waals surface area contributed by atoms with Crippen LogP contribution in [0.25, 0.3) is 0 Å². The van der Waals surface area contributed by atoms with Gasteiger partial charge in [-0.1, -0.05) is 29.8 Å². The molecular weight excluding hydrogens is 350 g/mol. The smallest absolute Gasteiger partial charge is 0.253 e. The predicted octanol–water partition coefficient (Wildman–Crippen LogP) is 3.78. The van der Waals surface area contributed by atoms with Crippen LogP contribution in [0.3, 0.4) is 0 Å². The molecule has 0 aliphatic carbocycles. The van der Waals surface area contributed by atoms with Gasteiger partial charge in [0.05, 0.1) is 0 Å². The molecule has 0 saturated carbocycles. The van der Waals surface area contributed by atoms with Gasteiger partial charge in [0, 0.05) is 24.3 Å². The Morgan fingerprint density at radius 3 is 2.21 bits per heavy atom. The van der Waals surface area contributed by atoms with Gasteiger partial charge in [-0.15, -0.1) is 0 Å². The summed E-state index contributed by atoms with van der Waals surface area (Å²) in [4.78, 5) is 29.4. The van der Waals surface area contributed by atoms with Crippen LogP contribution in [0.2, 0.25) is 0 Å². The lowest BCUT2D eigenvalue weighted by Crippen LogP contribution is -2.32. The number of hydrogen-bond acceptors (Lipinski definition) is 3. The van der Waals surface area contributed by atoms with Crippen LogP contribution in [-0.4, -0.2) is 48.8 Å². The zero-order valence-electron chi connectivity index (χ0n) is 17.2. The molecule has 2 aromatic rings. The average molecular weight is 380 g/mol. The van der Waals surface area contributed by atoms with Crippen molar-refractivity contribution in [1.82, 2.24) is 9.80 Å². The van der Waals surface area contributed by atoms with E-state index in [-0.39, 0.29) is 17.9 Å². The summed E-state index contributed by atoms with van der Waals surface area (Å²) in [7, 11) is 3.80. The molecule has 0 spiro atoms. The van der Waals surface area contributed by atoms with E-state index >= 15 is 0 Å². The standard InChI is InChI=1S/C23H29N3O2/c1-16-7-9-18(10-8-16)21(25(3)4)22(27)24-20-12-11-19(15-17(20)2)23(28)26-13-5-6-14-26/h7-12,15,21H,5-6,13-14H2,1-4H3,(H,24,27)/t21-/m1/s1. The largest absolute Gasteiger partial charge is 0.339 e. The highest BCUT2D eigenvalue weighted by Crippen LogP contribution is 2.24. The molecule has 5 heteroatoms. The second-order valence-corrected chi connectivity index (χ2v) is 7.80. The van der Waals surface area contributed by atoms with Crippen LogP contribution in [-0.2, 0) is 4.79 Å². The third-order valence-electron chi connectivity index (χ3n) is 5.28. The van der Waals surface area contributed by atoms with Crippen molar-refractivity contribution in [3.63, 3.8) is 0 Å². The third kappa shape index (κ3) is 4.42. The molecule has 5 nitrogen and oxygen atoms in total. The Morgan fingerprint density at radius 1 is 1.00 bits per heavy atom. The summed E-state index contributed by atoms with van der Waals surface area (Å²) in [5.74, 6) is -0.0140. The number of likely N-dealkylation sites (tertiary alicyclic amines) is 1. The number of carbonyl (C=O) groups is 2. The van der Waals surface area contributed by atoms with Gasteiger partial charge in [0.2, 0.25) is 5.91 Å². The van der Waals surface area contributed by atoms with Crippen LogP contribution < -0.4 is 5.32 Å². The maximum Gasteiger partial charge on any atom is 0.253 e. The van der Waals surface area contributed by atoms with Gasteiger partial charge in [-0.3, -0.25) is 14.5 Å². The predicted molar refractivity (Wildman–Crippen MR) is 113 cm³/mol. The summed E-state index contributed by atoms with van der Waals surface area (Å²) in [6, 6.07) is 13.1. The highest BCUT2D eigenvalue weighted by atomic mass is 16.2. The second-order valence-electron chi connectivity index (χ2n) is 7.80. The molecule has 0 radical (unpaired) electrons. The van der Waals surface area contributed by atoms with Gasteiger partial charge in [0.25, 0.3) is 5.91 Å². The molecule has 2 aromatic carbocycles. The Bertz CT molecular complexity index is 853. The van der Waals surface area contributed by atoms with Gasteiger partial charge >= 0.3 is 0 Å². The number of hydrogen-bond donors (Lipinski definition) is 1. The number of anilines is 1. The number of rotatable bonds is 5. The van der Waals surface area contributed by atoms with Crippen molar-refractivity contribution in [3.05, 3.63) is 64.7 Å². The minimum absolute atomic E-state index is 0.0734. The van der Waals surface area contributed by atoms with Crippen LogP contribution in [0.1, 0.15) is 45.9 Å². The van der Waals surface area contributed by atoms with E-state index in [0.717, 1.165) is 48.3 Å². The van der Waals surface area contributed by atoms with E-state index in [1.54, 1.807) is 6.07 Å². The van der Waals surface area contributed by atoms with E-state index in [0.29, 0.717) is 5.56 Å². The molecule has 1 atom stereocenters. The van der Waals surface area contributed by atoms with Crippen molar-refractivity contribution in [2.45, 2.75) is 32.7 Å². The van der Waals surface area contributed by atoms with E-state index in [1.165, 1.54) is 0 Å². The van der Waals surface area contributed by atoms with Crippen molar-refractivity contribution in [1.29, 1.82) is 0 Å². The lowest BCUT2D eigenvalue weighted by atomic mass is 10.0. The van der Waals surface area contributed by atoms with Crippen LogP contribution in [0, 0.1) is 13.8 Å².